The van der Waals surface area contributed by atoms with Crippen molar-refractivity contribution < 1.29 is 9.13 Å². The lowest BCUT2D eigenvalue weighted by Gasteiger charge is -2.41. The van der Waals surface area contributed by atoms with Crippen LogP contribution in [-0.2, 0) is 4.74 Å². The third-order valence-electron chi connectivity index (χ3n) is 7.06. The van der Waals surface area contributed by atoms with Crippen LogP contribution in [0, 0.1) is 11.2 Å². The van der Waals surface area contributed by atoms with E-state index in [1.807, 2.05) is 4.90 Å². The molecule has 4 rings (SSSR count). The molecule has 1 aromatic rings. The van der Waals surface area contributed by atoms with Gasteiger partial charge >= 0.3 is 0 Å². The van der Waals surface area contributed by atoms with E-state index in [1.54, 1.807) is 12.3 Å². The van der Waals surface area contributed by atoms with Gasteiger partial charge in [0.05, 0.1) is 13.2 Å². The second kappa shape index (κ2) is 13.0. The first-order chi connectivity index (χ1) is 15.7. The van der Waals surface area contributed by atoms with E-state index in [-0.39, 0.29) is 41.3 Å². The number of hydrogen-bond donors (Lipinski definition) is 2. The average Bonchev–Trinajstić information content (AvgIpc) is 3.27. The fourth-order valence-corrected chi connectivity index (χ4v) is 5.34. The van der Waals surface area contributed by atoms with Gasteiger partial charge in [0, 0.05) is 63.5 Å². The highest BCUT2D eigenvalue weighted by Gasteiger charge is 2.34. The van der Waals surface area contributed by atoms with Gasteiger partial charge in [-0.15, -0.1) is 24.0 Å². The van der Waals surface area contributed by atoms with Crippen molar-refractivity contribution >= 4 is 35.8 Å². The van der Waals surface area contributed by atoms with Crippen LogP contribution in [0.1, 0.15) is 45.4 Å². The largest absolute Gasteiger partial charge is 0.379 e. The molecule has 0 bridgehead atoms. The van der Waals surface area contributed by atoms with Crippen molar-refractivity contribution in [3.05, 3.63) is 24.1 Å². The highest BCUT2D eigenvalue weighted by molar-refractivity contribution is 14.0. The molecule has 33 heavy (non-hydrogen) atoms. The molecule has 3 aliphatic rings. The van der Waals surface area contributed by atoms with Crippen molar-refractivity contribution in [2.75, 3.05) is 63.9 Å². The molecular formula is C24H40FIN6O. The molecule has 2 aliphatic heterocycles. The molecule has 9 heteroatoms. The van der Waals surface area contributed by atoms with Crippen molar-refractivity contribution in [3.63, 3.8) is 0 Å². The second-order valence-corrected chi connectivity index (χ2v) is 9.53. The minimum atomic E-state index is -0.254. The van der Waals surface area contributed by atoms with Crippen molar-refractivity contribution in [2.24, 2.45) is 10.4 Å². The van der Waals surface area contributed by atoms with Crippen molar-refractivity contribution in [3.8, 4) is 0 Å². The molecule has 1 aromatic heterocycles. The Morgan fingerprint density at radius 3 is 2.76 bits per heavy atom. The number of nitrogens with one attached hydrogen (secondary N) is 2. The zero-order valence-electron chi connectivity index (χ0n) is 19.9. The van der Waals surface area contributed by atoms with E-state index < -0.39 is 0 Å². The van der Waals surface area contributed by atoms with Gasteiger partial charge in [0.2, 0.25) is 0 Å². The molecule has 1 saturated carbocycles. The number of nitrogens with zero attached hydrogens (tertiary/aromatic N) is 4. The van der Waals surface area contributed by atoms with E-state index in [1.165, 1.54) is 38.2 Å². The highest BCUT2D eigenvalue weighted by atomic mass is 127. The van der Waals surface area contributed by atoms with E-state index in [0.717, 1.165) is 71.4 Å². The lowest BCUT2D eigenvalue weighted by molar-refractivity contribution is 0.00937. The number of rotatable bonds is 7. The molecule has 7 nitrogen and oxygen atoms in total. The van der Waals surface area contributed by atoms with E-state index in [4.69, 9.17) is 9.73 Å². The third-order valence-corrected chi connectivity index (χ3v) is 7.06. The Kier molecular flexibility index (Phi) is 10.4. The maximum atomic E-state index is 14.1. The molecule has 0 spiro atoms. The van der Waals surface area contributed by atoms with E-state index in [9.17, 15) is 4.39 Å². The van der Waals surface area contributed by atoms with Crippen molar-refractivity contribution in [1.82, 2.24) is 20.5 Å². The number of hydrogen-bond acceptors (Lipinski definition) is 5. The van der Waals surface area contributed by atoms with E-state index in [0.29, 0.717) is 5.82 Å². The zero-order valence-corrected chi connectivity index (χ0v) is 22.2. The minimum absolute atomic E-state index is 0. The topological polar surface area (TPSA) is 65.0 Å². The summed E-state index contributed by atoms with van der Waals surface area (Å²) < 4.78 is 19.7. The van der Waals surface area contributed by atoms with Crippen LogP contribution in [0.3, 0.4) is 0 Å². The summed E-state index contributed by atoms with van der Waals surface area (Å²) >= 11 is 0. The summed E-state index contributed by atoms with van der Waals surface area (Å²) in [6.07, 6.45) is 9.05. The summed E-state index contributed by atoms with van der Waals surface area (Å²) in [5.74, 6) is 1.08. The maximum Gasteiger partial charge on any atom is 0.191 e. The van der Waals surface area contributed by atoms with Gasteiger partial charge in [-0.2, -0.15) is 0 Å². The average molecular weight is 575 g/mol. The summed E-state index contributed by atoms with van der Waals surface area (Å²) in [4.78, 5) is 13.9. The first-order valence-electron chi connectivity index (χ1n) is 12.4. The summed E-state index contributed by atoms with van der Waals surface area (Å²) in [5, 5.41) is 7.04. The van der Waals surface area contributed by atoms with Crippen molar-refractivity contribution in [1.29, 1.82) is 0 Å². The van der Waals surface area contributed by atoms with E-state index >= 15 is 0 Å². The third kappa shape index (κ3) is 7.39. The van der Waals surface area contributed by atoms with Gasteiger partial charge in [0.25, 0.3) is 0 Å². The number of ether oxygens (including phenoxy) is 1. The minimum Gasteiger partial charge on any atom is -0.379 e. The lowest BCUT2D eigenvalue weighted by atomic mass is 9.73. The predicted octanol–water partition coefficient (Wildman–Crippen LogP) is 3.26. The highest BCUT2D eigenvalue weighted by Crippen LogP contribution is 2.37. The SMILES string of the molecule is CCNC(=NCC1(CN2CCOCC2)CCCCC1)NC1CCN(c2ncccc2F)C1.I. The van der Waals surface area contributed by atoms with Gasteiger partial charge in [-0.1, -0.05) is 19.3 Å². The van der Waals surface area contributed by atoms with Crippen LogP contribution in [0.15, 0.2) is 23.3 Å². The quantitative estimate of drug-likeness (QED) is 0.296. The normalized spacial score (nSPS) is 23.8. The van der Waals surface area contributed by atoms with Gasteiger partial charge in [0.1, 0.15) is 0 Å². The molecule has 2 saturated heterocycles. The van der Waals surface area contributed by atoms with Gasteiger partial charge < -0.3 is 20.3 Å². The number of pyridine rings is 1. The van der Waals surface area contributed by atoms with Crippen LogP contribution in [0.2, 0.25) is 0 Å². The van der Waals surface area contributed by atoms with E-state index in [2.05, 4.69) is 27.4 Å². The zero-order chi connectivity index (χ0) is 22.2. The predicted molar refractivity (Wildman–Crippen MR) is 142 cm³/mol. The molecule has 0 aromatic carbocycles. The Balaban J connectivity index is 0.00000306. The molecule has 3 fully saturated rings. The molecular weight excluding hydrogens is 534 g/mol. The van der Waals surface area contributed by atoms with Gasteiger partial charge in [-0.25, -0.2) is 9.37 Å². The summed E-state index contributed by atoms with van der Waals surface area (Å²) in [7, 11) is 0. The number of aliphatic imine (C=N–C) groups is 1. The van der Waals surface area contributed by atoms with Crippen molar-refractivity contribution in [2.45, 2.75) is 51.5 Å². The van der Waals surface area contributed by atoms with Crippen LogP contribution >= 0.6 is 24.0 Å². The monoisotopic (exact) mass is 574 g/mol. The fraction of sp³-hybridized carbons (Fsp3) is 0.750. The summed E-state index contributed by atoms with van der Waals surface area (Å²) in [6, 6.07) is 3.35. The maximum absolute atomic E-state index is 14.1. The smallest absolute Gasteiger partial charge is 0.191 e. The molecule has 2 N–H and O–H groups in total. The number of anilines is 1. The molecule has 1 unspecified atom stereocenters. The summed E-state index contributed by atoms with van der Waals surface area (Å²) in [6.45, 7) is 10.2. The molecule has 1 atom stereocenters. The Labute approximate surface area is 215 Å². The first-order valence-corrected chi connectivity index (χ1v) is 12.4. The van der Waals surface area contributed by atoms with Crippen LogP contribution in [-0.4, -0.2) is 80.9 Å². The van der Waals surface area contributed by atoms with Gasteiger partial charge in [-0.3, -0.25) is 9.89 Å². The molecule has 0 radical (unpaired) electrons. The lowest BCUT2D eigenvalue weighted by Crippen LogP contribution is -2.48. The molecule has 3 heterocycles. The van der Waals surface area contributed by atoms with Crippen LogP contribution < -0.4 is 15.5 Å². The molecule has 1 aliphatic carbocycles. The summed E-state index contributed by atoms with van der Waals surface area (Å²) in [5.41, 5.74) is 0.261. The van der Waals surface area contributed by atoms with Crippen LogP contribution in [0.25, 0.3) is 0 Å². The first kappa shape index (κ1) is 26.4. The van der Waals surface area contributed by atoms with Gasteiger partial charge in [-0.05, 0) is 38.3 Å². The Morgan fingerprint density at radius 1 is 1.24 bits per heavy atom. The van der Waals surface area contributed by atoms with Crippen LogP contribution in [0.4, 0.5) is 10.2 Å². The number of halogens is 2. The Hall–Kier alpha value is -1.20. The number of morpholine rings is 1. The fourth-order valence-electron chi connectivity index (χ4n) is 5.34. The molecule has 186 valence electrons. The van der Waals surface area contributed by atoms with Gasteiger partial charge in [0.15, 0.2) is 17.6 Å². The van der Waals surface area contributed by atoms with Crippen LogP contribution in [0.5, 0.6) is 0 Å². The molecule has 0 amide bonds. The Morgan fingerprint density at radius 2 is 2.03 bits per heavy atom. The standard InChI is InChI=1S/C24H39FN6O.HI/c1-2-26-23(29-20-8-12-31(17-20)22-21(25)7-6-11-27-22)28-18-24(9-4-3-5-10-24)19-30-13-15-32-16-14-30;/h6-7,11,20H,2-5,8-10,12-19H2,1H3,(H2,26,28,29);1H. The Bertz CT molecular complexity index is 754. The number of aromatic nitrogens is 1. The second-order valence-electron chi connectivity index (χ2n) is 9.53. The number of guanidine groups is 1.